The maximum Gasteiger partial charge on any atom is 0.0206 e. The Hall–Kier alpha value is -0.860. The summed E-state index contributed by atoms with van der Waals surface area (Å²) in [7, 11) is 0. The standard InChI is InChI=1S/C12H20N2/c1-11(2)14-9-8-13-10-12-6-4-3-5-7-12/h3-7,11,13-14H,8-10H2,1-2H3. The van der Waals surface area contributed by atoms with Crippen LogP contribution in [0.3, 0.4) is 0 Å². The van der Waals surface area contributed by atoms with Gasteiger partial charge < -0.3 is 10.6 Å². The van der Waals surface area contributed by atoms with Crippen LogP contribution in [0.15, 0.2) is 30.3 Å². The highest BCUT2D eigenvalue weighted by Gasteiger charge is 1.92. The minimum atomic E-state index is 0.577. The molecule has 0 aromatic heterocycles. The molecule has 0 aliphatic rings. The zero-order valence-corrected chi connectivity index (χ0v) is 9.09. The van der Waals surface area contributed by atoms with Crippen molar-refractivity contribution in [3.8, 4) is 0 Å². The van der Waals surface area contributed by atoms with Crippen molar-refractivity contribution < 1.29 is 0 Å². The maximum atomic E-state index is 3.39. The molecule has 0 saturated heterocycles. The zero-order valence-electron chi connectivity index (χ0n) is 9.09. The van der Waals surface area contributed by atoms with Gasteiger partial charge in [0.15, 0.2) is 0 Å². The molecular formula is C12H20N2. The highest BCUT2D eigenvalue weighted by Crippen LogP contribution is 1.96. The van der Waals surface area contributed by atoms with Gasteiger partial charge in [0.25, 0.3) is 0 Å². The van der Waals surface area contributed by atoms with E-state index >= 15 is 0 Å². The number of benzene rings is 1. The van der Waals surface area contributed by atoms with Crippen molar-refractivity contribution in [3.05, 3.63) is 35.9 Å². The molecule has 0 aliphatic carbocycles. The lowest BCUT2D eigenvalue weighted by Gasteiger charge is -2.08. The molecule has 0 atom stereocenters. The third-order valence-electron chi connectivity index (χ3n) is 2.03. The van der Waals surface area contributed by atoms with Crippen LogP contribution in [0.4, 0.5) is 0 Å². The summed E-state index contributed by atoms with van der Waals surface area (Å²) >= 11 is 0. The molecule has 2 N–H and O–H groups in total. The quantitative estimate of drug-likeness (QED) is 0.671. The van der Waals surface area contributed by atoms with E-state index in [1.165, 1.54) is 5.56 Å². The van der Waals surface area contributed by atoms with E-state index in [0.717, 1.165) is 19.6 Å². The highest BCUT2D eigenvalue weighted by molar-refractivity contribution is 5.14. The van der Waals surface area contributed by atoms with Crippen LogP contribution in [0, 0.1) is 0 Å². The molecule has 0 bridgehead atoms. The summed E-state index contributed by atoms with van der Waals surface area (Å²) in [6.45, 7) is 7.34. The van der Waals surface area contributed by atoms with Crippen molar-refractivity contribution >= 4 is 0 Å². The molecule has 2 nitrogen and oxygen atoms in total. The van der Waals surface area contributed by atoms with Gasteiger partial charge in [0.2, 0.25) is 0 Å². The van der Waals surface area contributed by atoms with Crippen LogP contribution in [-0.2, 0) is 6.54 Å². The van der Waals surface area contributed by atoms with Crippen molar-refractivity contribution in [1.82, 2.24) is 10.6 Å². The Morgan fingerprint density at radius 3 is 2.43 bits per heavy atom. The average molecular weight is 192 g/mol. The van der Waals surface area contributed by atoms with Gasteiger partial charge in [-0.2, -0.15) is 0 Å². The van der Waals surface area contributed by atoms with Gasteiger partial charge in [-0.25, -0.2) is 0 Å². The largest absolute Gasteiger partial charge is 0.313 e. The van der Waals surface area contributed by atoms with Gasteiger partial charge in [0, 0.05) is 25.7 Å². The van der Waals surface area contributed by atoms with E-state index < -0.39 is 0 Å². The van der Waals surface area contributed by atoms with Crippen molar-refractivity contribution in [2.24, 2.45) is 0 Å². The summed E-state index contributed by atoms with van der Waals surface area (Å²) in [5.41, 5.74) is 1.34. The van der Waals surface area contributed by atoms with E-state index in [1.54, 1.807) is 0 Å². The molecule has 0 aliphatic heterocycles. The fourth-order valence-electron chi connectivity index (χ4n) is 1.28. The lowest BCUT2D eigenvalue weighted by atomic mass is 10.2. The lowest BCUT2D eigenvalue weighted by molar-refractivity contribution is 0.555. The summed E-state index contributed by atoms with van der Waals surface area (Å²) in [5, 5.41) is 6.76. The fraction of sp³-hybridized carbons (Fsp3) is 0.500. The van der Waals surface area contributed by atoms with Crippen LogP contribution in [0.1, 0.15) is 19.4 Å². The molecule has 78 valence electrons. The van der Waals surface area contributed by atoms with E-state index in [4.69, 9.17) is 0 Å². The molecular weight excluding hydrogens is 172 g/mol. The minimum Gasteiger partial charge on any atom is -0.313 e. The van der Waals surface area contributed by atoms with Gasteiger partial charge in [-0.3, -0.25) is 0 Å². The third-order valence-corrected chi connectivity index (χ3v) is 2.03. The molecule has 1 rings (SSSR count). The number of hydrogen-bond acceptors (Lipinski definition) is 2. The first kappa shape index (κ1) is 11.2. The van der Waals surface area contributed by atoms with Crippen molar-refractivity contribution in [3.63, 3.8) is 0 Å². The average Bonchev–Trinajstić information content (AvgIpc) is 2.18. The Labute approximate surface area is 86.7 Å². The summed E-state index contributed by atoms with van der Waals surface area (Å²) < 4.78 is 0. The first-order chi connectivity index (χ1) is 6.79. The van der Waals surface area contributed by atoms with Gasteiger partial charge >= 0.3 is 0 Å². The molecule has 1 aromatic rings. The molecule has 1 aromatic carbocycles. The van der Waals surface area contributed by atoms with Gasteiger partial charge in [-0.15, -0.1) is 0 Å². The van der Waals surface area contributed by atoms with Crippen LogP contribution in [0.2, 0.25) is 0 Å². The summed E-state index contributed by atoms with van der Waals surface area (Å²) in [6, 6.07) is 11.1. The van der Waals surface area contributed by atoms with Crippen LogP contribution in [-0.4, -0.2) is 19.1 Å². The molecule has 0 saturated carbocycles. The molecule has 0 radical (unpaired) electrons. The van der Waals surface area contributed by atoms with E-state index in [-0.39, 0.29) is 0 Å². The number of nitrogens with one attached hydrogen (secondary N) is 2. The van der Waals surface area contributed by atoms with Crippen LogP contribution >= 0.6 is 0 Å². The molecule has 0 fully saturated rings. The smallest absolute Gasteiger partial charge is 0.0206 e. The van der Waals surface area contributed by atoms with Crippen molar-refractivity contribution in [2.75, 3.05) is 13.1 Å². The Balaban J connectivity index is 2.05. The summed E-state index contributed by atoms with van der Waals surface area (Å²) in [4.78, 5) is 0. The normalized spacial score (nSPS) is 10.8. The van der Waals surface area contributed by atoms with Gasteiger partial charge in [-0.1, -0.05) is 44.2 Å². The minimum absolute atomic E-state index is 0.577. The molecule has 0 spiro atoms. The number of hydrogen-bond donors (Lipinski definition) is 2. The number of rotatable bonds is 6. The molecule has 2 heteroatoms. The zero-order chi connectivity index (χ0) is 10.2. The second-order valence-corrected chi connectivity index (χ2v) is 3.77. The van der Waals surface area contributed by atoms with E-state index in [1.807, 2.05) is 6.07 Å². The van der Waals surface area contributed by atoms with Crippen LogP contribution in [0.25, 0.3) is 0 Å². The van der Waals surface area contributed by atoms with Gasteiger partial charge in [-0.05, 0) is 5.56 Å². The maximum absolute atomic E-state index is 3.39. The Morgan fingerprint density at radius 2 is 1.79 bits per heavy atom. The van der Waals surface area contributed by atoms with Crippen LogP contribution in [0.5, 0.6) is 0 Å². The third kappa shape index (κ3) is 5.00. The summed E-state index contributed by atoms with van der Waals surface area (Å²) in [5.74, 6) is 0. The van der Waals surface area contributed by atoms with Crippen LogP contribution < -0.4 is 10.6 Å². The molecule has 14 heavy (non-hydrogen) atoms. The lowest BCUT2D eigenvalue weighted by Crippen LogP contribution is -2.31. The Bertz CT molecular complexity index is 231. The SMILES string of the molecule is CC(C)NCCNCc1ccccc1. The van der Waals surface area contributed by atoms with Gasteiger partial charge in [0.1, 0.15) is 0 Å². The predicted octanol–water partition coefficient (Wildman–Crippen LogP) is 1.77. The van der Waals surface area contributed by atoms with E-state index in [9.17, 15) is 0 Å². The first-order valence-electron chi connectivity index (χ1n) is 5.27. The van der Waals surface area contributed by atoms with E-state index in [2.05, 4.69) is 48.7 Å². The van der Waals surface area contributed by atoms with Gasteiger partial charge in [0.05, 0.1) is 0 Å². The second-order valence-electron chi connectivity index (χ2n) is 3.77. The fourth-order valence-corrected chi connectivity index (χ4v) is 1.28. The first-order valence-corrected chi connectivity index (χ1v) is 5.27. The Morgan fingerprint density at radius 1 is 1.07 bits per heavy atom. The highest BCUT2D eigenvalue weighted by atomic mass is 15.0. The molecule has 0 amide bonds. The summed E-state index contributed by atoms with van der Waals surface area (Å²) in [6.07, 6.45) is 0. The molecule has 0 unspecified atom stereocenters. The topological polar surface area (TPSA) is 24.1 Å². The Kier molecular flexibility index (Phi) is 5.27. The van der Waals surface area contributed by atoms with Crippen molar-refractivity contribution in [2.45, 2.75) is 26.4 Å². The van der Waals surface area contributed by atoms with E-state index in [0.29, 0.717) is 6.04 Å². The van der Waals surface area contributed by atoms with Crippen molar-refractivity contribution in [1.29, 1.82) is 0 Å². The molecule has 0 heterocycles. The predicted molar refractivity (Wildman–Crippen MR) is 61.3 cm³/mol. The second kappa shape index (κ2) is 6.57. The monoisotopic (exact) mass is 192 g/mol.